The zero-order chi connectivity index (χ0) is 36.6. The van der Waals surface area contributed by atoms with Crippen LogP contribution < -0.4 is 10.4 Å². The third-order valence-electron chi connectivity index (χ3n) is 10.2. The number of thiophene rings is 2. The van der Waals surface area contributed by atoms with E-state index in [4.69, 9.17) is 6.42 Å². The Kier molecular flexibility index (Phi) is 7.75. The van der Waals surface area contributed by atoms with E-state index < -0.39 is 48.5 Å². The van der Waals surface area contributed by atoms with Gasteiger partial charge in [0.15, 0.2) is 34.8 Å². The van der Waals surface area contributed by atoms with E-state index in [2.05, 4.69) is 18.1 Å². The number of allylic oxidation sites excluding steroid dienone is 6. The van der Waals surface area contributed by atoms with Crippen LogP contribution in [0, 0.1) is 69.6 Å². The summed E-state index contributed by atoms with van der Waals surface area (Å²) in [5.74, 6) is -3.69. The van der Waals surface area contributed by atoms with Crippen molar-refractivity contribution in [1.29, 1.82) is 15.8 Å². The van der Waals surface area contributed by atoms with Gasteiger partial charge in [-0.15, -0.1) is 29.1 Å². The van der Waals surface area contributed by atoms with Crippen LogP contribution in [0.15, 0.2) is 58.7 Å². The fourth-order valence-electron chi connectivity index (χ4n) is 7.94. The van der Waals surface area contributed by atoms with E-state index in [0.29, 0.717) is 9.75 Å². The monoisotopic (exact) mass is 741 g/mol. The molecular formula is C40H19F4N3O2S2Si. The molecule has 0 atom stereocenters. The Bertz CT molecular complexity index is 2490. The molecule has 5 nitrogen and oxygen atoms in total. The zero-order valence-corrected chi connectivity index (χ0v) is 29.4. The molecule has 2 aromatic heterocycles. The minimum Gasteiger partial charge on any atom is -0.289 e. The Balaban J connectivity index is 1.28. The van der Waals surface area contributed by atoms with Gasteiger partial charge in [0.1, 0.15) is 37.4 Å². The van der Waals surface area contributed by atoms with Gasteiger partial charge >= 0.3 is 0 Å². The predicted molar refractivity (Wildman–Crippen MR) is 193 cm³/mol. The van der Waals surface area contributed by atoms with Gasteiger partial charge < -0.3 is 0 Å². The third-order valence-corrected chi connectivity index (χ3v) is 18.1. The molecule has 8 rings (SSSR count). The first-order valence-corrected chi connectivity index (χ1v) is 20.1. The Morgan fingerprint density at radius 2 is 1.04 bits per heavy atom. The van der Waals surface area contributed by atoms with Crippen molar-refractivity contribution in [3.8, 4) is 40.3 Å². The van der Waals surface area contributed by atoms with Crippen LogP contribution in [0.5, 0.6) is 0 Å². The third kappa shape index (κ3) is 4.70. The molecule has 0 radical (unpaired) electrons. The van der Waals surface area contributed by atoms with Crippen LogP contribution in [-0.4, -0.2) is 19.6 Å². The normalized spacial score (nSPS) is 18.8. The molecule has 1 saturated heterocycles. The highest BCUT2D eigenvalue weighted by molar-refractivity contribution is 7.29. The first-order valence-electron chi connectivity index (χ1n) is 16.0. The summed E-state index contributed by atoms with van der Waals surface area (Å²) in [5.41, 5.74) is -0.623. The molecule has 52 heavy (non-hydrogen) atoms. The fraction of sp³-hybridized carbons (Fsp3) is 0.125. The molecule has 0 N–H and O–H groups in total. The minimum atomic E-state index is -2.35. The molecule has 1 spiro atoms. The number of hydrogen-bond donors (Lipinski definition) is 0. The molecule has 0 amide bonds. The Morgan fingerprint density at radius 1 is 0.635 bits per heavy atom. The van der Waals surface area contributed by atoms with E-state index in [9.17, 15) is 42.9 Å². The summed E-state index contributed by atoms with van der Waals surface area (Å²) in [7, 11) is -2.35. The second-order valence-electron chi connectivity index (χ2n) is 12.8. The van der Waals surface area contributed by atoms with Gasteiger partial charge in [0.05, 0.1) is 0 Å². The number of terminal acetylenes is 1. The van der Waals surface area contributed by atoms with Crippen molar-refractivity contribution >= 4 is 76.0 Å². The van der Waals surface area contributed by atoms with Gasteiger partial charge in [-0.1, -0.05) is 25.2 Å². The molecule has 250 valence electrons. The molecule has 1 fully saturated rings. The van der Waals surface area contributed by atoms with Crippen LogP contribution in [0.4, 0.5) is 17.6 Å². The molecule has 4 heterocycles. The van der Waals surface area contributed by atoms with Gasteiger partial charge in [-0.25, -0.2) is 17.6 Å². The number of Topliss-reactive ketones (excluding diaryl/α,β-unsaturated/α-hetero) is 2. The number of carbonyl (C=O) groups excluding carboxylic acids is 2. The molecular weight excluding hydrogens is 723 g/mol. The molecule has 12 heteroatoms. The van der Waals surface area contributed by atoms with Crippen molar-refractivity contribution in [1.82, 2.24) is 0 Å². The van der Waals surface area contributed by atoms with Gasteiger partial charge in [-0.3, -0.25) is 9.59 Å². The lowest BCUT2D eigenvalue weighted by molar-refractivity contribution is 0.103. The van der Waals surface area contributed by atoms with Crippen LogP contribution >= 0.6 is 22.7 Å². The average molecular weight is 742 g/mol. The van der Waals surface area contributed by atoms with Crippen molar-refractivity contribution in [2.24, 2.45) is 0 Å². The topological polar surface area (TPSA) is 106 Å². The van der Waals surface area contributed by atoms with Crippen molar-refractivity contribution in [3.05, 3.63) is 114 Å². The summed E-state index contributed by atoms with van der Waals surface area (Å²) >= 11 is 2.87. The maximum Gasteiger partial charge on any atom is 0.194 e. The van der Waals surface area contributed by atoms with Crippen LogP contribution in [0.3, 0.4) is 0 Å². The summed E-state index contributed by atoms with van der Waals surface area (Å²) in [4.78, 5) is 30.6. The standard InChI is InChI=1S/C40H19F4N3O2S2Si/c1-2-19(16-45)35-23-12-29(41)31(43)14-25(23)37(48)27(35)8-21-10-33-39(50-21)40-34(52(33)6-4-3-5-7-52)11-22(51-40)9-28-36(20(17-46)18-47)24-13-30(42)32(44)15-26(24)38(28)49/h1,8-15H,3-7H2/b27-8-,28-9-,35-19?. The largest absolute Gasteiger partial charge is 0.289 e. The number of carbonyl (C=O) groups is 2. The quantitative estimate of drug-likeness (QED) is 0.0675. The van der Waals surface area contributed by atoms with Gasteiger partial charge in [0, 0.05) is 52.9 Å². The average Bonchev–Trinajstić information content (AvgIpc) is 3.91. The van der Waals surface area contributed by atoms with Crippen LogP contribution in [0.1, 0.15) is 60.9 Å². The van der Waals surface area contributed by atoms with E-state index >= 15 is 0 Å². The smallest absolute Gasteiger partial charge is 0.194 e. The van der Waals surface area contributed by atoms with E-state index in [0.717, 1.165) is 65.4 Å². The summed E-state index contributed by atoms with van der Waals surface area (Å²) in [5, 5.41) is 31.7. The lowest BCUT2D eigenvalue weighted by atomic mass is 9.99. The highest BCUT2D eigenvalue weighted by atomic mass is 32.1. The molecule has 0 saturated carbocycles. The molecule has 4 aliphatic rings. The molecule has 2 aliphatic heterocycles. The second-order valence-corrected chi connectivity index (χ2v) is 19.2. The van der Waals surface area contributed by atoms with Crippen molar-refractivity contribution in [2.75, 3.05) is 0 Å². The Labute approximate surface area is 303 Å². The number of rotatable bonds is 2. The fourth-order valence-corrected chi connectivity index (χ4v) is 17.3. The molecule has 2 aromatic carbocycles. The number of nitriles is 3. The minimum absolute atomic E-state index is 0.00234. The van der Waals surface area contributed by atoms with Crippen molar-refractivity contribution in [2.45, 2.75) is 31.4 Å². The zero-order valence-electron chi connectivity index (χ0n) is 26.7. The second kappa shape index (κ2) is 12.1. The van der Waals surface area contributed by atoms with Crippen molar-refractivity contribution in [3.63, 3.8) is 0 Å². The lowest BCUT2D eigenvalue weighted by Crippen LogP contribution is -2.55. The van der Waals surface area contributed by atoms with E-state index in [-0.39, 0.29) is 50.1 Å². The van der Waals surface area contributed by atoms with Gasteiger partial charge in [0.2, 0.25) is 0 Å². The van der Waals surface area contributed by atoms with Crippen molar-refractivity contribution < 1.29 is 27.2 Å². The first kappa shape index (κ1) is 33.3. The first-order chi connectivity index (χ1) is 25.0. The molecule has 2 aliphatic carbocycles. The highest BCUT2D eigenvalue weighted by Crippen LogP contribution is 2.48. The summed E-state index contributed by atoms with van der Waals surface area (Å²) in [6, 6.07) is 14.9. The Morgan fingerprint density at radius 3 is 1.44 bits per heavy atom. The SMILES string of the molecule is C#CC(C#N)=C1/C(=C/c2cc3c(s2)-c2sc(/C=C4\C(=O)c5cc(F)c(F)cc5C4=C(C#N)C#N)cc2[Si]32CCCCC2)C(=O)c2cc(F)c(F)cc21. The van der Waals surface area contributed by atoms with Gasteiger partial charge in [0.25, 0.3) is 0 Å². The lowest BCUT2D eigenvalue weighted by Gasteiger charge is -2.32. The van der Waals surface area contributed by atoms with Gasteiger partial charge in [-0.05, 0) is 82.1 Å². The molecule has 4 aromatic rings. The summed E-state index contributed by atoms with van der Waals surface area (Å²) < 4.78 is 57.2. The number of nitrogens with zero attached hydrogens (tertiary/aromatic N) is 3. The number of fused-ring (bicyclic) bond motifs is 7. The van der Waals surface area contributed by atoms with Gasteiger partial charge in [-0.2, -0.15) is 15.8 Å². The number of hydrogen-bond acceptors (Lipinski definition) is 7. The molecule has 0 bridgehead atoms. The van der Waals surface area contributed by atoms with Crippen LogP contribution in [0.25, 0.3) is 33.1 Å². The Hall–Kier alpha value is -5.89. The number of ketones is 2. The van der Waals surface area contributed by atoms with Crippen LogP contribution in [0.2, 0.25) is 12.1 Å². The van der Waals surface area contributed by atoms with E-state index in [1.807, 2.05) is 6.07 Å². The predicted octanol–water partition coefficient (Wildman–Crippen LogP) is 8.36. The maximum atomic E-state index is 14.4. The highest BCUT2D eigenvalue weighted by Gasteiger charge is 2.48. The number of benzene rings is 2. The summed E-state index contributed by atoms with van der Waals surface area (Å²) in [6.45, 7) is 0. The van der Waals surface area contributed by atoms with E-state index in [1.54, 1.807) is 24.3 Å². The van der Waals surface area contributed by atoms with E-state index in [1.165, 1.54) is 33.0 Å². The van der Waals surface area contributed by atoms with Crippen LogP contribution in [-0.2, 0) is 0 Å². The number of halogens is 4. The molecule has 0 unspecified atom stereocenters. The summed E-state index contributed by atoms with van der Waals surface area (Å²) in [6.07, 6.45) is 11.9. The maximum absolute atomic E-state index is 14.4.